The lowest BCUT2D eigenvalue weighted by molar-refractivity contribution is -0.123. The fraction of sp³-hybridized carbons (Fsp3) is 0.720. The van der Waals surface area contributed by atoms with E-state index >= 15 is 0 Å². The summed E-state index contributed by atoms with van der Waals surface area (Å²) in [6.07, 6.45) is 18.9. The molecule has 0 fully saturated rings. The van der Waals surface area contributed by atoms with Crippen molar-refractivity contribution in [2.24, 2.45) is 0 Å². The minimum atomic E-state index is -0.0414. The SMILES string of the molecule is CCCCCCCCCCCCCCCCNC(=O)COc1ccc(Br)c(C)c1. The van der Waals surface area contributed by atoms with Gasteiger partial charge < -0.3 is 10.1 Å². The fourth-order valence-corrected chi connectivity index (χ4v) is 3.70. The molecule has 0 aliphatic heterocycles. The Bertz CT molecular complexity index is 548. The molecule has 0 saturated heterocycles. The number of amides is 1. The van der Waals surface area contributed by atoms with E-state index in [1.807, 2.05) is 25.1 Å². The molecule has 4 heteroatoms. The lowest BCUT2D eigenvalue weighted by Gasteiger charge is -2.09. The highest BCUT2D eigenvalue weighted by atomic mass is 79.9. The van der Waals surface area contributed by atoms with E-state index in [0.29, 0.717) is 0 Å². The highest BCUT2D eigenvalue weighted by Crippen LogP contribution is 2.21. The zero-order valence-corrected chi connectivity index (χ0v) is 20.3. The first-order chi connectivity index (χ1) is 14.1. The Morgan fingerprint density at radius 2 is 1.38 bits per heavy atom. The smallest absolute Gasteiger partial charge is 0.257 e. The number of carbonyl (C=O) groups excluding carboxylic acids is 1. The molecule has 166 valence electrons. The summed E-state index contributed by atoms with van der Waals surface area (Å²) in [7, 11) is 0. The second kappa shape index (κ2) is 17.8. The monoisotopic (exact) mass is 467 g/mol. The molecule has 0 aliphatic carbocycles. The van der Waals surface area contributed by atoms with Crippen molar-refractivity contribution in [2.75, 3.05) is 13.2 Å². The minimum Gasteiger partial charge on any atom is -0.484 e. The zero-order chi connectivity index (χ0) is 21.2. The topological polar surface area (TPSA) is 38.3 Å². The predicted octanol–water partition coefficient (Wildman–Crippen LogP) is 7.73. The van der Waals surface area contributed by atoms with Gasteiger partial charge >= 0.3 is 0 Å². The first-order valence-corrected chi connectivity index (χ1v) is 12.6. The minimum absolute atomic E-state index is 0.0414. The van der Waals surface area contributed by atoms with Crippen molar-refractivity contribution in [1.82, 2.24) is 5.32 Å². The number of unbranched alkanes of at least 4 members (excludes halogenated alkanes) is 13. The summed E-state index contributed by atoms with van der Waals surface area (Å²) >= 11 is 3.46. The van der Waals surface area contributed by atoms with Crippen LogP contribution in [0.3, 0.4) is 0 Å². The number of rotatable bonds is 18. The van der Waals surface area contributed by atoms with Crippen LogP contribution in [0.5, 0.6) is 5.75 Å². The molecule has 0 heterocycles. The molecular formula is C25H42BrNO2. The molecular weight excluding hydrogens is 426 g/mol. The van der Waals surface area contributed by atoms with Gasteiger partial charge in [0, 0.05) is 11.0 Å². The molecule has 0 bridgehead atoms. The van der Waals surface area contributed by atoms with Crippen molar-refractivity contribution in [3.8, 4) is 5.75 Å². The van der Waals surface area contributed by atoms with E-state index in [2.05, 4.69) is 28.2 Å². The summed E-state index contributed by atoms with van der Waals surface area (Å²) in [4.78, 5) is 11.9. The second-order valence-corrected chi connectivity index (χ2v) is 9.00. The third kappa shape index (κ3) is 14.6. The second-order valence-electron chi connectivity index (χ2n) is 8.15. The number of hydrogen-bond donors (Lipinski definition) is 1. The van der Waals surface area contributed by atoms with Crippen LogP contribution < -0.4 is 10.1 Å². The van der Waals surface area contributed by atoms with Crippen LogP contribution in [0.2, 0.25) is 0 Å². The van der Waals surface area contributed by atoms with E-state index in [1.54, 1.807) is 0 Å². The van der Waals surface area contributed by atoms with Gasteiger partial charge in [-0.1, -0.05) is 106 Å². The summed E-state index contributed by atoms with van der Waals surface area (Å²) in [5.74, 6) is 0.692. The van der Waals surface area contributed by atoms with Crippen LogP contribution in [0.4, 0.5) is 0 Å². The van der Waals surface area contributed by atoms with Crippen molar-refractivity contribution >= 4 is 21.8 Å². The van der Waals surface area contributed by atoms with Crippen LogP contribution in [-0.2, 0) is 4.79 Å². The Morgan fingerprint density at radius 3 is 1.90 bits per heavy atom. The molecule has 0 radical (unpaired) electrons. The molecule has 0 unspecified atom stereocenters. The number of carbonyl (C=O) groups is 1. The molecule has 1 amide bonds. The predicted molar refractivity (Wildman–Crippen MR) is 128 cm³/mol. The quantitative estimate of drug-likeness (QED) is 0.224. The van der Waals surface area contributed by atoms with Gasteiger partial charge in [-0.2, -0.15) is 0 Å². The number of aryl methyl sites for hydroxylation is 1. The molecule has 0 spiro atoms. The summed E-state index contributed by atoms with van der Waals surface area (Å²) in [5.41, 5.74) is 1.10. The van der Waals surface area contributed by atoms with Gasteiger partial charge in [-0.25, -0.2) is 0 Å². The van der Waals surface area contributed by atoms with Gasteiger partial charge in [-0.15, -0.1) is 0 Å². The Kier molecular flexibility index (Phi) is 16.0. The third-order valence-electron chi connectivity index (χ3n) is 5.35. The standard InChI is InChI=1S/C25H42BrNO2/c1-3-4-5-6-7-8-9-10-11-12-13-14-15-16-19-27-25(28)21-29-23-17-18-24(26)22(2)20-23/h17-18,20H,3-16,19,21H2,1-2H3,(H,27,28). The Morgan fingerprint density at radius 1 is 0.862 bits per heavy atom. The lowest BCUT2D eigenvalue weighted by atomic mass is 10.0. The van der Waals surface area contributed by atoms with Crippen molar-refractivity contribution in [1.29, 1.82) is 0 Å². The summed E-state index contributed by atoms with van der Waals surface area (Å²) < 4.78 is 6.59. The maximum atomic E-state index is 11.9. The van der Waals surface area contributed by atoms with Crippen molar-refractivity contribution < 1.29 is 9.53 Å². The lowest BCUT2D eigenvalue weighted by Crippen LogP contribution is -2.29. The van der Waals surface area contributed by atoms with Crippen LogP contribution in [-0.4, -0.2) is 19.1 Å². The first-order valence-electron chi connectivity index (χ1n) is 11.8. The average Bonchev–Trinajstić information content (AvgIpc) is 2.71. The van der Waals surface area contributed by atoms with Crippen LogP contribution in [0.15, 0.2) is 22.7 Å². The summed E-state index contributed by atoms with van der Waals surface area (Å²) in [6.45, 7) is 5.12. The number of ether oxygens (including phenoxy) is 1. The zero-order valence-electron chi connectivity index (χ0n) is 18.7. The molecule has 0 atom stereocenters. The third-order valence-corrected chi connectivity index (χ3v) is 6.24. The molecule has 1 aromatic rings. The van der Waals surface area contributed by atoms with Gasteiger partial charge in [0.1, 0.15) is 5.75 Å². The number of nitrogens with one attached hydrogen (secondary N) is 1. The Labute approximate surface area is 187 Å². The molecule has 3 nitrogen and oxygen atoms in total. The Hall–Kier alpha value is -1.03. The van der Waals surface area contributed by atoms with Gasteiger partial charge in [0.05, 0.1) is 0 Å². The van der Waals surface area contributed by atoms with Crippen LogP contribution in [0.25, 0.3) is 0 Å². The molecule has 0 saturated carbocycles. The van der Waals surface area contributed by atoms with Gasteiger partial charge in [0.15, 0.2) is 6.61 Å². The van der Waals surface area contributed by atoms with E-state index in [1.165, 1.54) is 83.5 Å². The molecule has 0 aliphatic rings. The molecule has 1 rings (SSSR count). The maximum Gasteiger partial charge on any atom is 0.257 e. The number of benzene rings is 1. The van der Waals surface area contributed by atoms with E-state index in [0.717, 1.165) is 28.8 Å². The Balaban J connectivity index is 1.84. The van der Waals surface area contributed by atoms with E-state index < -0.39 is 0 Å². The van der Waals surface area contributed by atoms with Gasteiger partial charge in [-0.3, -0.25) is 4.79 Å². The van der Waals surface area contributed by atoms with Gasteiger partial charge in [-0.05, 0) is 37.1 Å². The van der Waals surface area contributed by atoms with Gasteiger partial charge in [0.2, 0.25) is 0 Å². The van der Waals surface area contributed by atoms with Crippen LogP contribution in [0, 0.1) is 6.92 Å². The largest absolute Gasteiger partial charge is 0.484 e. The molecule has 1 aromatic carbocycles. The summed E-state index contributed by atoms with van der Waals surface area (Å²) in [6, 6.07) is 5.75. The summed E-state index contributed by atoms with van der Waals surface area (Å²) in [5, 5.41) is 2.95. The highest BCUT2D eigenvalue weighted by Gasteiger charge is 2.03. The molecule has 0 aromatic heterocycles. The van der Waals surface area contributed by atoms with E-state index in [9.17, 15) is 4.79 Å². The van der Waals surface area contributed by atoms with Gasteiger partial charge in [0.25, 0.3) is 5.91 Å². The highest BCUT2D eigenvalue weighted by molar-refractivity contribution is 9.10. The maximum absolute atomic E-state index is 11.9. The number of hydrogen-bond acceptors (Lipinski definition) is 2. The normalized spacial score (nSPS) is 10.9. The van der Waals surface area contributed by atoms with E-state index in [-0.39, 0.29) is 12.5 Å². The van der Waals surface area contributed by atoms with Crippen molar-refractivity contribution in [3.05, 3.63) is 28.2 Å². The van der Waals surface area contributed by atoms with E-state index in [4.69, 9.17) is 4.74 Å². The van der Waals surface area contributed by atoms with Crippen molar-refractivity contribution in [3.63, 3.8) is 0 Å². The molecule has 29 heavy (non-hydrogen) atoms. The van der Waals surface area contributed by atoms with Crippen molar-refractivity contribution in [2.45, 2.75) is 104 Å². The average molecular weight is 469 g/mol. The van der Waals surface area contributed by atoms with Crippen LogP contribution >= 0.6 is 15.9 Å². The first kappa shape index (κ1) is 26.0. The van der Waals surface area contributed by atoms with Crippen LogP contribution in [0.1, 0.15) is 102 Å². The molecule has 1 N–H and O–H groups in total. The fourth-order valence-electron chi connectivity index (χ4n) is 3.45. The number of halogens is 1.